The van der Waals surface area contributed by atoms with Crippen LogP contribution in [0.15, 0.2) is 29.9 Å². The number of nitrogens with two attached hydrogens (primary N) is 1. The van der Waals surface area contributed by atoms with Crippen molar-refractivity contribution in [2.24, 2.45) is 4.99 Å². The maximum absolute atomic E-state index is 14.6. The molecule has 0 aliphatic carbocycles. The Morgan fingerprint density at radius 3 is 2.69 bits per heavy atom. The number of halogens is 2. The Labute approximate surface area is 155 Å². The Hall–Kier alpha value is -2.80. The number of nitrogens with one attached hydrogen (secondary N) is 1. The summed E-state index contributed by atoms with van der Waals surface area (Å²) in [5, 5.41) is 0.113. The summed E-state index contributed by atoms with van der Waals surface area (Å²) in [5.74, 6) is -1.30. The van der Waals surface area contributed by atoms with Gasteiger partial charge in [-0.05, 0) is 31.5 Å². The second-order valence-corrected chi connectivity index (χ2v) is 5.74. The fraction of sp³-hybridized carbons (Fsp3) is 0.222. The highest BCUT2D eigenvalue weighted by atomic mass is 35.5. The predicted octanol–water partition coefficient (Wildman–Crippen LogP) is 3.73. The Kier molecular flexibility index (Phi) is 6.05. The molecule has 0 bridgehead atoms. The van der Waals surface area contributed by atoms with Gasteiger partial charge < -0.3 is 20.2 Å². The van der Waals surface area contributed by atoms with Crippen LogP contribution >= 0.6 is 11.6 Å². The Morgan fingerprint density at radius 2 is 2.15 bits per heavy atom. The molecule has 26 heavy (non-hydrogen) atoms. The lowest BCUT2D eigenvalue weighted by molar-refractivity contribution is -0.134. The predicted molar refractivity (Wildman–Crippen MR) is 100 cm³/mol. The number of nitrogens with zero attached hydrogens (tertiary/aromatic N) is 1. The number of ether oxygens (including phenoxy) is 2. The summed E-state index contributed by atoms with van der Waals surface area (Å²) < 4.78 is 24.6. The minimum atomic E-state index is -0.726. The van der Waals surface area contributed by atoms with E-state index in [0.717, 1.165) is 0 Å². The van der Waals surface area contributed by atoms with E-state index in [4.69, 9.17) is 26.8 Å². The lowest BCUT2D eigenvalue weighted by Crippen LogP contribution is -2.20. The van der Waals surface area contributed by atoms with Gasteiger partial charge in [-0.1, -0.05) is 18.2 Å². The highest BCUT2D eigenvalue weighted by Gasteiger charge is 2.23. The molecule has 0 saturated heterocycles. The quantitative estimate of drug-likeness (QED) is 0.591. The first kappa shape index (κ1) is 19.5. The lowest BCUT2D eigenvalue weighted by Gasteiger charge is -2.11. The molecular weight excluding hydrogens is 361 g/mol. The number of hydrogen-bond acceptors (Lipinski definition) is 5. The zero-order chi connectivity index (χ0) is 19.4. The molecule has 0 aliphatic rings. The highest BCUT2D eigenvalue weighted by Crippen LogP contribution is 2.33. The number of carbonyl (C=O) groups is 1. The van der Waals surface area contributed by atoms with Gasteiger partial charge in [-0.25, -0.2) is 14.2 Å². The van der Waals surface area contributed by atoms with Crippen LogP contribution in [0.5, 0.6) is 5.75 Å². The number of rotatable bonds is 6. The van der Waals surface area contributed by atoms with Crippen LogP contribution in [-0.2, 0) is 9.53 Å². The molecule has 1 aromatic carbocycles. The minimum absolute atomic E-state index is 0.000481. The molecule has 1 heterocycles. The van der Waals surface area contributed by atoms with Crippen LogP contribution in [-0.4, -0.2) is 30.4 Å². The molecule has 0 fully saturated rings. The molecule has 0 unspecified atom stereocenters. The first-order chi connectivity index (χ1) is 12.3. The molecule has 0 amide bonds. The van der Waals surface area contributed by atoms with Gasteiger partial charge in [-0.3, -0.25) is 0 Å². The molecule has 1 aromatic heterocycles. The van der Waals surface area contributed by atoms with Gasteiger partial charge in [-0.2, -0.15) is 0 Å². The van der Waals surface area contributed by atoms with Gasteiger partial charge in [-0.15, -0.1) is 0 Å². The lowest BCUT2D eigenvalue weighted by atomic mass is 10.1. The van der Waals surface area contributed by atoms with Gasteiger partial charge in [0.05, 0.1) is 30.0 Å². The maximum Gasteiger partial charge on any atom is 0.357 e. The number of methoxy groups -OCH3 is 1. The van der Waals surface area contributed by atoms with Crippen molar-refractivity contribution in [3.8, 4) is 5.75 Å². The number of nitrogen functional groups attached to an aromatic ring is 1. The number of aryl methyl sites for hydroxylation is 1. The van der Waals surface area contributed by atoms with Crippen molar-refractivity contribution in [3.05, 3.63) is 52.4 Å². The second kappa shape index (κ2) is 8.05. The van der Waals surface area contributed by atoms with E-state index < -0.39 is 11.8 Å². The Bertz CT molecular complexity index is 871. The summed E-state index contributed by atoms with van der Waals surface area (Å²) in [6.07, 6.45) is 1.63. The summed E-state index contributed by atoms with van der Waals surface area (Å²) in [7, 11) is 1.30. The third-order valence-electron chi connectivity index (χ3n) is 3.62. The summed E-state index contributed by atoms with van der Waals surface area (Å²) in [6, 6.07) is 2.86. The summed E-state index contributed by atoms with van der Waals surface area (Å²) in [6.45, 7) is 7.33. The number of benzene rings is 1. The van der Waals surface area contributed by atoms with Crippen molar-refractivity contribution in [2.75, 3.05) is 19.5 Å². The van der Waals surface area contributed by atoms with E-state index in [1.807, 2.05) is 0 Å². The molecule has 138 valence electrons. The summed E-state index contributed by atoms with van der Waals surface area (Å²) in [5.41, 5.74) is 6.95. The minimum Gasteiger partial charge on any atom is -0.492 e. The van der Waals surface area contributed by atoms with Crippen LogP contribution in [0.3, 0.4) is 0 Å². The van der Waals surface area contributed by atoms with Crippen molar-refractivity contribution in [1.29, 1.82) is 0 Å². The van der Waals surface area contributed by atoms with E-state index >= 15 is 0 Å². The van der Waals surface area contributed by atoms with Crippen molar-refractivity contribution < 1.29 is 18.7 Å². The second-order valence-electron chi connectivity index (χ2n) is 5.33. The topological polar surface area (TPSA) is 89.7 Å². The monoisotopic (exact) mass is 379 g/mol. The van der Waals surface area contributed by atoms with Gasteiger partial charge in [0.15, 0.2) is 17.3 Å². The Balaban J connectivity index is 2.57. The van der Waals surface area contributed by atoms with E-state index in [1.54, 1.807) is 20.0 Å². The van der Waals surface area contributed by atoms with Gasteiger partial charge >= 0.3 is 5.97 Å². The number of anilines is 1. The molecule has 6 nitrogen and oxygen atoms in total. The van der Waals surface area contributed by atoms with Gasteiger partial charge in [0.25, 0.3) is 0 Å². The van der Waals surface area contributed by atoms with E-state index in [0.29, 0.717) is 11.1 Å². The Morgan fingerprint density at radius 1 is 1.46 bits per heavy atom. The zero-order valence-corrected chi connectivity index (χ0v) is 15.4. The number of hydrogen-bond donors (Lipinski definition) is 2. The molecule has 0 aliphatic heterocycles. The fourth-order valence-electron chi connectivity index (χ4n) is 2.40. The molecule has 8 heteroatoms. The largest absolute Gasteiger partial charge is 0.492 e. The molecule has 3 N–H and O–H groups in total. The van der Waals surface area contributed by atoms with Gasteiger partial charge in [0.1, 0.15) is 5.82 Å². The number of esters is 1. The molecular formula is C18H19ClFN3O3. The summed E-state index contributed by atoms with van der Waals surface area (Å²) in [4.78, 5) is 19.4. The van der Waals surface area contributed by atoms with Crippen LogP contribution in [0.25, 0.3) is 5.70 Å². The normalized spacial score (nSPS) is 11.3. The van der Waals surface area contributed by atoms with Crippen molar-refractivity contribution >= 4 is 34.8 Å². The summed E-state index contributed by atoms with van der Waals surface area (Å²) >= 11 is 5.90. The fourth-order valence-corrected chi connectivity index (χ4v) is 2.62. The van der Waals surface area contributed by atoms with E-state index in [1.165, 1.54) is 19.2 Å². The van der Waals surface area contributed by atoms with E-state index in [2.05, 4.69) is 16.6 Å². The van der Waals surface area contributed by atoms with Gasteiger partial charge in [0.2, 0.25) is 0 Å². The molecule has 0 atom stereocenters. The molecule has 2 aromatic rings. The van der Waals surface area contributed by atoms with Crippen LogP contribution in [0.4, 0.5) is 10.2 Å². The van der Waals surface area contributed by atoms with Crippen LogP contribution < -0.4 is 10.5 Å². The first-order valence-corrected chi connectivity index (χ1v) is 8.10. The third kappa shape index (κ3) is 3.72. The molecule has 0 spiro atoms. The number of aliphatic imine (C=N–C) groups is 1. The first-order valence-electron chi connectivity index (χ1n) is 7.72. The van der Waals surface area contributed by atoms with Crippen LogP contribution in [0.2, 0.25) is 5.02 Å². The number of aromatic amines is 1. The standard InChI is InChI=1S/C18H19ClFN3O3/c1-5-26-18(24)15(13-9(2)8-22-17(13)21)23-10(3)11-6-7-12(19)16(25-4)14(11)20/h6-8,22H,3,5,21H2,1-2,4H3/b23-15+. The van der Waals surface area contributed by atoms with Gasteiger partial charge in [0, 0.05) is 11.8 Å². The molecule has 0 radical (unpaired) electrons. The van der Waals surface area contributed by atoms with Crippen molar-refractivity contribution in [2.45, 2.75) is 13.8 Å². The van der Waals surface area contributed by atoms with Crippen LogP contribution in [0, 0.1) is 12.7 Å². The number of H-pyrrole nitrogens is 1. The van der Waals surface area contributed by atoms with E-state index in [-0.39, 0.29) is 40.2 Å². The number of carbonyl (C=O) groups excluding carboxylic acids is 1. The average molecular weight is 380 g/mol. The SMILES string of the molecule is C=C(/N=C(/C(=O)OCC)c1c(C)c[nH]c1N)c1ccc(Cl)c(OC)c1F. The van der Waals surface area contributed by atoms with E-state index in [9.17, 15) is 9.18 Å². The third-order valence-corrected chi connectivity index (χ3v) is 3.92. The highest BCUT2D eigenvalue weighted by molar-refractivity contribution is 6.45. The smallest absolute Gasteiger partial charge is 0.357 e. The maximum atomic E-state index is 14.6. The average Bonchev–Trinajstić information content (AvgIpc) is 2.92. The van der Waals surface area contributed by atoms with Crippen molar-refractivity contribution in [3.63, 3.8) is 0 Å². The molecule has 2 rings (SSSR count). The van der Waals surface area contributed by atoms with Crippen LogP contribution in [0.1, 0.15) is 23.6 Å². The van der Waals surface area contributed by atoms with Crippen molar-refractivity contribution in [1.82, 2.24) is 4.98 Å². The molecule has 0 saturated carbocycles. The zero-order valence-electron chi connectivity index (χ0n) is 14.7. The number of aromatic nitrogens is 1.